The predicted octanol–water partition coefficient (Wildman–Crippen LogP) is 3.08. The van der Waals surface area contributed by atoms with Gasteiger partial charge in [0.1, 0.15) is 0 Å². The first-order valence-corrected chi connectivity index (χ1v) is 8.32. The van der Waals surface area contributed by atoms with Crippen LogP contribution in [0.15, 0.2) is 23.6 Å². The highest BCUT2D eigenvalue weighted by atomic mass is 32.1. The number of anilines is 1. The smallest absolute Gasteiger partial charge is 0.230 e. The number of hydrogen-bond acceptors (Lipinski definition) is 4. The van der Waals surface area contributed by atoms with Crippen LogP contribution in [0.1, 0.15) is 29.8 Å². The Kier molecular flexibility index (Phi) is 3.38. The molecule has 1 aliphatic rings. The van der Waals surface area contributed by atoms with Crippen molar-refractivity contribution in [1.29, 1.82) is 0 Å². The van der Waals surface area contributed by atoms with Gasteiger partial charge < -0.3 is 5.32 Å². The average molecular weight is 312 g/mol. The summed E-state index contributed by atoms with van der Waals surface area (Å²) in [6.07, 6.45) is 4.79. The monoisotopic (exact) mass is 312 g/mol. The number of aromatic nitrogens is 3. The van der Waals surface area contributed by atoms with Crippen molar-refractivity contribution in [2.24, 2.45) is 0 Å². The van der Waals surface area contributed by atoms with Crippen LogP contribution in [-0.2, 0) is 24.1 Å². The SMILES string of the molecule is O=C(Cc1n[nH]c2c1CCCC2)Nc1ccc2nscc2c1. The molecule has 0 spiro atoms. The number of amides is 1. The molecule has 0 aliphatic heterocycles. The molecule has 4 rings (SSSR count). The minimum atomic E-state index is -0.0255. The van der Waals surface area contributed by atoms with E-state index in [-0.39, 0.29) is 5.91 Å². The normalized spacial score (nSPS) is 14.0. The van der Waals surface area contributed by atoms with Gasteiger partial charge in [0.15, 0.2) is 0 Å². The lowest BCUT2D eigenvalue weighted by Gasteiger charge is -2.11. The molecule has 6 heteroatoms. The molecular formula is C16H16N4OS. The van der Waals surface area contributed by atoms with Crippen LogP contribution in [0, 0.1) is 0 Å². The summed E-state index contributed by atoms with van der Waals surface area (Å²) in [4.78, 5) is 12.3. The average Bonchev–Trinajstić information content (AvgIpc) is 3.14. The van der Waals surface area contributed by atoms with Crippen molar-refractivity contribution in [2.75, 3.05) is 5.32 Å². The summed E-state index contributed by atoms with van der Waals surface area (Å²) in [5, 5.41) is 13.4. The molecule has 0 atom stereocenters. The highest BCUT2D eigenvalue weighted by Gasteiger charge is 2.18. The molecule has 3 aromatic rings. The predicted molar refractivity (Wildman–Crippen MR) is 87.2 cm³/mol. The maximum absolute atomic E-state index is 12.3. The molecule has 0 fully saturated rings. The molecular weight excluding hydrogens is 296 g/mol. The summed E-state index contributed by atoms with van der Waals surface area (Å²) in [7, 11) is 0. The van der Waals surface area contributed by atoms with Crippen molar-refractivity contribution >= 4 is 34.0 Å². The van der Waals surface area contributed by atoms with E-state index in [1.54, 1.807) is 0 Å². The number of nitrogens with zero attached hydrogens (tertiary/aromatic N) is 2. The Morgan fingerprint density at radius 1 is 1.32 bits per heavy atom. The topological polar surface area (TPSA) is 70.7 Å². The number of nitrogens with one attached hydrogen (secondary N) is 2. The van der Waals surface area contributed by atoms with Gasteiger partial charge in [-0.3, -0.25) is 9.89 Å². The quantitative estimate of drug-likeness (QED) is 0.781. The number of carbonyl (C=O) groups is 1. The molecule has 0 unspecified atom stereocenters. The molecule has 0 radical (unpaired) electrons. The van der Waals surface area contributed by atoms with Crippen LogP contribution in [0.3, 0.4) is 0 Å². The van der Waals surface area contributed by atoms with Gasteiger partial charge in [-0.05, 0) is 61.0 Å². The molecule has 2 N–H and O–H groups in total. The number of aromatic amines is 1. The lowest BCUT2D eigenvalue weighted by molar-refractivity contribution is -0.115. The largest absolute Gasteiger partial charge is 0.326 e. The second-order valence-corrected chi connectivity index (χ2v) is 6.28. The van der Waals surface area contributed by atoms with E-state index in [0.29, 0.717) is 6.42 Å². The fourth-order valence-electron chi connectivity index (χ4n) is 3.00. The van der Waals surface area contributed by atoms with Gasteiger partial charge in [0.25, 0.3) is 0 Å². The second kappa shape index (κ2) is 5.53. The van der Waals surface area contributed by atoms with Gasteiger partial charge in [0.2, 0.25) is 5.91 Å². The minimum absolute atomic E-state index is 0.0255. The third kappa shape index (κ3) is 2.50. The highest BCUT2D eigenvalue weighted by Crippen LogP contribution is 2.23. The van der Waals surface area contributed by atoms with Crippen molar-refractivity contribution in [2.45, 2.75) is 32.1 Å². The Balaban J connectivity index is 1.49. The first kappa shape index (κ1) is 13.5. The van der Waals surface area contributed by atoms with E-state index in [4.69, 9.17) is 0 Å². The van der Waals surface area contributed by atoms with Crippen molar-refractivity contribution in [3.8, 4) is 0 Å². The maximum atomic E-state index is 12.3. The number of aryl methyl sites for hydroxylation is 1. The Morgan fingerprint density at radius 2 is 2.23 bits per heavy atom. The zero-order valence-electron chi connectivity index (χ0n) is 12.1. The summed E-state index contributed by atoms with van der Waals surface area (Å²) in [5.41, 5.74) is 5.12. The van der Waals surface area contributed by atoms with Gasteiger partial charge >= 0.3 is 0 Å². The summed E-state index contributed by atoms with van der Waals surface area (Å²) < 4.78 is 4.26. The van der Waals surface area contributed by atoms with Crippen LogP contribution in [0.4, 0.5) is 5.69 Å². The zero-order valence-corrected chi connectivity index (χ0v) is 12.9. The fourth-order valence-corrected chi connectivity index (χ4v) is 3.64. The van der Waals surface area contributed by atoms with Crippen molar-refractivity contribution < 1.29 is 4.79 Å². The molecule has 0 bridgehead atoms. The molecule has 22 heavy (non-hydrogen) atoms. The first-order valence-electron chi connectivity index (χ1n) is 7.48. The van der Waals surface area contributed by atoms with Crippen LogP contribution in [0.2, 0.25) is 0 Å². The van der Waals surface area contributed by atoms with E-state index in [0.717, 1.165) is 35.1 Å². The maximum Gasteiger partial charge on any atom is 0.230 e. The molecule has 2 aromatic heterocycles. The van der Waals surface area contributed by atoms with E-state index >= 15 is 0 Å². The molecule has 1 amide bonds. The molecule has 5 nitrogen and oxygen atoms in total. The zero-order chi connectivity index (χ0) is 14.9. The third-order valence-electron chi connectivity index (χ3n) is 4.11. The van der Waals surface area contributed by atoms with E-state index < -0.39 is 0 Å². The van der Waals surface area contributed by atoms with Crippen molar-refractivity contribution in [3.05, 3.63) is 40.5 Å². The molecule has 112 valence electrons. The molecule has 1 aliphatic carbocycles. The number of fused-ring (bicyclic) bond motifs is 2. The van der Waals surface area contributed by atoms with Crippen LogP contribution in [0.5, 0.6) is 0 Å². The Hall–Kier alpha value is -2.21. The van der Waals surface area contributed by atoms with Gasteiger partial charge in [0, 0.05) is 22.1 Å². The number of benzene rings is 1. The van der Waals surface area contributed by atoms with Crippen LogP contribution < -0.4 is 5.32 Å². The van der Waals surface area contributed by atoms with Crippen molar-refractivity contribution in [3.63, 3.8) is 0 Å². The van der Waals surface area contributed by atoms with Gasteiger partial charge in [-0.1, -0.05) is 0 Å². The van der Waals surface area contributed by atoms with E-state index in [9.17, 15) is 4.79 Å². The fraction of sp³-hybridized carbons (Fsp3) is 0.312. The number of carbonyl (C=O) groups excluding carboxylic acids is 1. The van der Waals surface area contributed by atoms with E-state index in [1.807, 2.05) is 23.6 Å². The van der Waals surface area contributed by atoms with E-state index in [1.165, 1.54) is 35.6 Å². The minimum Gasteiger partial charge on any atom is -0.326 e. The molecule has 2 heterocycles. The Bertz CT molecular complexity index is 836. The lowest BCUT2D eigenvalue weighted by atomic mass is 9.95. The van der Waals surface area contributed by atoms with Crippen LogP contribution >= 0.6 is 11.5 Å². The summed E-state index contributed by atoms with van der Waals surface area (Å²) in [5.74, 6) is -0.0255. The molecule has 0 saturated heterocycles. The second-order valence-electron chi connectivity index (χ2n) is 5.65. The first-order chi connectivity index (χ1) is 10.8. The summed E-state index contributed by atoms with van der Waals surface area (Å²) in [6, 6.07) is 5.77. The summed E-state index contributed by atoms with van der Waals surface area (Å²) in [6.45, 7) is 0. The van der Waals surface area contributed by atoms with Gasteiger partial charge in [-0.15, -0.1) is 0 Å². The van der Waals surface area contributed by atoms with Crippen molar-refractivity contribution in [1.82, 2.24) is 14.6 Å². The molecule has 1 aromatic carbocycles. The summed E-state index contributed by atoms with van der Waals surface area (Å²) >= 11 is 1.42. The third-order valence-corrected chi connectivity index (χ3v) is 4.77. The standard InChI is InChI=1S/C16H16N4OS/c21-16(8-15-12-3-1-2-4-14(12)18-19-15)17-11-5-6-13-10(7-11)9-22-20-13/h5-7,9H,1-4,8H2,(H,17,21)(H,18,19). The van der Waals surface area contributed by atoms with Gasteiger partial charge in [-0.2, -0.15) is 9.47 Å². The molecule has 0 saturated carbocycles. The highest BCUT2D eigenvalue weighted by molar-refractivity contribution is 7.04. The Morgan fingerprint density at radius 3 is 3.18 bits per heavy atom. The van der Waals surface area contributed by atoms with Gasteiger partial charge in [-0.25, -0.2) is 0 Å². The lowest BCUT2D eigenvalue weighted by Crippen LogP contribution is -2.16. The van der Waals surface area contributed by atoms with Crippen LogP contribution in [0.25, 0.3) is 10.9 Å². The Labute approximate surface area is 131 Å². The number of hydrogen-bond donors (Lipinski definition) is 2. The van der Waals surface area contributed by atoms with Gasteiger partial charge in [0.05, 0.1) is 17.6 Å². The number of rotatable bonds is 3. The number of H-pyrrole nitrogens is 1. The van der Waals surface area contributed by atoms with E-state index in [2.05, 4.69) is 19.9 Å². The van der Waals surface area contributed by atoms with Crippen LogP contribution in [-0.4, -0.2) is 20.5 Å².